The molecule has 3 atom stereocenters. The Balaban J connectivity index is 2.18. The predicted molar refractivity (Wildman–Crippen MR) is 81.7 cm³/mol. The van der Waals surface area contributed by atoms with Crippen LogP contribution in [0.3, 0.4) is 0 Å². The monoisotopic (exact) mass is 272 g/mol. The number of rotatable bonds is 0. The summed E-state index contributed by atoms with van der Waals surface area (Å²) in [6.45, 7) is 8.53. The molecule has 0 saturated heterocycles. The van der Waals surface area contributed by atoms with Gasteiger partial charge in [0.2, 0.25) is 0 Å². The molecule has 0 amide bonds. The van der Waals surface area contributed by atoms with Gasteiger partial charge < -0.3 is 10.2 Å². The number of fused-ring (bicyclic) bond motifs is 3. The lowest BCUT2D eigenvalue weighted by Gasteiger charge is -2.54. The lowest BCUT2D eigenvalue weighted by molar-refractivity contribution is -0.0482. The zero-order chi connectivity index (χ0) is 14.7. The highest BCUT2D eigenvalue weighted by molar-refractivity contribution is 5.64. The molecule has 0 aliphatic heterocycles. The summed E-state index contributed by atoms with van der Waals surface area (Å²) in [5, 5.41) is 20.4. The van der Waals surface area contributed by atoms with E-state index in [1.165, 1.54) is 11.1 Å². The lowest BCUT2D eigenvalue weighted by Crippen LogP contribution is -2.52. The van der Waals surface area contributed by atoms with Crippen LogP contribution < -0.4 is 0 Å². The van der Waals surface area contributed by atoms with Crippen LogP contribution in [0.15, 0.2) is 18.2 Å². The second kappa shape index (κ2) is 4.11. The van der Waals surface area contributed by atoms with Crippen LogP contribution in [0.5, 0.6) is 5.75 Å². The van der Waals surface area contributed by atoms with Crippen molar-refractivity contribution in [3.8, 4) is 5.75 Å². The van der Waals surface area contributed by atoms with Crippen molar-refractivity contribution in [3.05, 3.63) is 34.9 Å². The number of phenols is 1. The van der Waals surface area contributed by atoms with E-state index in [2.05, 4.69) is 39.0 Å². The summed E-state index contributed by atoms with van der Waals surface area (Å²) >= 11 is 0. The van der Waals surface area contributed by atoms with Crippen LogP contribution in [0.25, 0.3) is 6.08 Å². The first-order valence-corrected chi connectivity index (χ1v) is 7.47. The summed E-state index contributed by atoms with van der Waals surface area (Å²) in [5.74, 6) is 0.677. The summed E-state index contributed by atoms with van der Waals surface area (Å²) in [7, 11) is 0. The summed E-state index contributed by atoms with van der Waals surface area (Å²) in [5.41, 5.74) is 3.23. The molecule has 0 aromatic heterocycles. The zero-order valence-corrected chi connectivity index (χ0v) is 12.8. The van der Waals surface area contributed by atoms with E-state index >= 15 is 0 Å². The first-order valence-electron chi connectivity index (χ1n) is 7.47. The highest BCUT2D eigenvalue weighted by Gasteiger charge is 2.52. The minimum atomic E-state index is -0.258. The summed E-state index contributed by atoms with van der Waals surface area (Å²) in [4.78, 5) is 0. The third kappa shape index (κ3) is 1.67. The third-order valence-corrected chi connectivity index (χ3v) is 5.74. The maximum atomic E-state index is 10.4. The highest BCUT2D eigenvalue weighted by Crippen LogP contribution is 2.56. The van der Waals surface area contributed by atoms with Crippen molar-refractivity contribution in [2.75, 3.05) is 0 Å². The molecule has 1 aromatic carbocycles. The fraction of sp³-hybridized carbons (Fsp3) is 0.556. The standard InChI is InChI=1S/C18H24O2/c1-11-9-12-5-6-15-17(2,3)16(20)7-8-18(15,4)13(12)10-14(11)19/h5-6,9-10,15-16,19-20H,7-8H2,1-4H3/t15-,16-,18+/m0/s1. The molecule has 1 saturated carbocycles. The van der Waals surface area contributed by atoms with Crippen molar-refractivity contribution in [2.45, 2.75) is 52.1 Å². The summed E-state index contributed by atoms with van der Waals surface area (Å²) in [6, 6.07) is 4.01. The normalized spacial score (nSPS) is 34.5. The van der Waals surface area contributed by atoms with E-state index in [0.717, 1.165) is 18.4 Å². The molecule has 0 radical (unpaired) electrons. The zero-order valence-electron chi connectivity index (χ0n) is 12.8. The van der Waals surface area contributed by atoms with Crippen molar-refractivity contribution < 1.29 is 10.2 Å². The van der Waals surface area contributed by atoms with Crippen LogP contribution >= 0.6 is 0 Å². The molecule has 0 heterocycles. The van der Waals surface area contributed by atoms with Crippen molar-refractivity contribution in [1.29, 1.82) is 0 Å². The third-order valence-electron chi connectivity index (χ3n) is 5.74. The van der Waals surface area contributed by atoms with E-state index in [4.69, 9.17) is 0 Å². The Morgan fingerprint density at radius 3 is 2.60 bits per heavy atom. The van der Waals surface area contributed by atoms with E-state index in [1.807, 2.05) is 13.0 Å². The number of allylic oxidation sites excluding steroid dienone is 1. The highest BCUT2D eigenvalue weighted by atomic mass is 16.3. The van der Waals surface area contributed by atoms with E-state index in [-0.39, 0.29) is 16.9 Å². The molecule has 108 valence electrons. The van der Waals surface area contributed by atoms with Gasteiger partial charge in [-0.05, 0) is 59.9 Å². The van der Waals surface area contributed by atoms with Crippen molar-refractivity contribution >= 4 is 6.08 Å². The predicted octanol–water partition coefficient (Wildman–Crippen LogP) is 3.78. The van der Waals surface area contributed by atoms with Crippen LogP contribution in [0.1, 0.15) is 50.3 Å². The quantitative estimate of drug-likeness (QED) is 0.754. The Bertz CT molecular complexity index is 585. The molecule has 2 N–H and O–H groups in total. The number of aromatic hydroxyl groups is 1. The SMILES string of the molecule is Cc1cc2c(cc1O)[C@@]1(C)CC[C@H](O)C(C)(C)[C@@H]1C=C2. The molecular weight excluding hydrogens is 248 g/mol. The maximum Gasteiger partial charge on any atom is 0.118 e. The number of aryl methyl sites for hydroxylation is 1. The smallest absolute Gasteiger partial charge is 0.118 e. The van der Waals surface area contributed by atoms with Gasteiger partial charge in [0.15, 0.2) is 0 Å². The van der Waals surface area contributed by atoms with Crippen LogP contribution in [0.4, 0.5) is 0 Å². The Kier molecular flexibility index (Phi) is 2.81. The molecule has 1 fully saturated rings. The molecule has 2 aliphatic carbocycles. The van der Waals surface area contributed by atoms with Gasteiger partial charge in [0.05, 0.1) is 6.10 Å². The Morgan fingerprint density at radius 2 is 1.90 bits per heavy atom. The van der Waals surface area contributed by atoms with E-state index in [1.54, 1.807) is 0 Å². The van der Waals surface area contributed by atoms with Crippen molar-refractivity contribution in [2.24, 2.45) is 11.3 Å². The second-order valence-electron chi connectivity index (χ2n) is 7.36. The molecular formula is C18H24O2. The van der Waals surface area contributed by atoms with Gasteiger partial charge in [-0.15, -0.1) is 0 Å². The number of benzene rings is 1. The number of aliphatic hydroxyl groups is 1. The molecule has 0 bridgehead atoms. The topological polar surface area (TPSA) is 40.5 Å². The van der Waals surface area contributed by atoms with Gasteiger partial charge in [0.1, 0.15) is 5.75 Å². The Labute approximate surface area is 121 Å². The first-order chi connectivity index (χ1) is 9.26. The summed E-state index contributed by atoms with van der Waals surface area (Å²) < 4.78 is 0. The fourth-order valence-corrected chi connectivity index (χ4v) is 4.31. The molecule has 2 heteroatoms. The van der Waals surface area contributed by atoms with Crippen LogP contribution in [-0.4, -0.2) is 16.3 Å². The van der Waals surface area contributed by atoms with E-state index < -0.39 is 0 Å². The van der Waals surface area contributed by atoms with Gasteiger partial charge >= 0.3 is 0 Å². The number of hydrogen-bond acceptors (Lipinski definition) is 2. The lowest BCUT2D eigenvalue weighted by atomic mass is 9.51. The maximum absolute atomic E-state index is 10.4. The Morgan fingerprint density at radius 1 is 1.20 bits per heavy atom. The first kappa shape index (κ1) is 13.7. The average Bonchev–Trinajstić information content (AvgIpc) is 2.37. The minimum Gasteiger partial charge on any atom is -0.508 e. The van der Waals surface area contributed by atoms with Crippen LogP contribution in [0.2, 0.25) is 0 Å². The molecule has 0 spiro atoms. The van der Waals surface area contributed by atoms with Gasteiger partial charge in [0, 0.05) is 5.41 Å². The summed E-state index contributed by atoms with van der Waals surface area (Å²) in [6.07, 6.45) is 5.95. The minimum absolute atomic E-state index is 0.00199. The Hall–Kier alpha value is -1.28. The van der Waals surface area contributed by atoms with Gasteiger partial charge in [-0.3, -0.25) is 0 Å². The van der Waals surface area contributed by atoms with Gasteiger partial charge in [-0.2, -0.15) is 0 Å². The largest absolute Gasteiger partial charge is 0.508 e. The van der Waals surface area contributed by atoms with Crippen LogP contribution in [-0.2, 0) is 5.41 Å². The van der Waals surface area contributed by atoms with E-state index in [9.17, 15) is 10.2 Å². The molecule has 1 aromatic rings. The molecule has 2 nitrogen and oxygen atoms in total. The second-order valence-corrected chi connectivity index (χ2v) is 7.36. The number of aliphatic hydroxyl groups excluding tert-OH is 1. The molecule has 0 unspecified atom stereocenters. The van der Waals surface area contributed by atoms with E-state index in [0.29, 0.717) is 11.7 Å². The van der Waals surface area contributed by atoms with Gasteiger partial charge in [0.25, 0.3) is 0 Å². The van der Waals surface area contributed by atoms with Crippen molar-refractivity contribution in [3.63, 3.8) is 0 Å². The molecule has 2 aliphatic rings. The van der Waals surface area contributed by atoms with Crippen LogP contribution in [0, 0.1) is 18.3 Å². The number of hydrogen-bond donors (Lipinski definition) is 2. The molecule has 20 heavy (non-hydrogen) atoms. The number of phenolic OH excluding ortho intramolecular Hbond substituents is 1. The average molecular weight is 272 g/mol. The molecule has 3 rings (SSSR count). The fourth-order valence-electron chi connectivity index (χ4n) is 4.31. The van der Waals surface area contributed by atoms with Gasteiger partial charge in [-0.1, -0.05) is 32.9 Å². The van der Waals surface area contributed by atoms with Crippen molar-refractivity contribution in [1.82, 2.24) is 0 Å². The van der Waals surface area contributed by atoms with Gasteiger partial charge in [-0.25, -0.2) is 0 Å².